The maximum Gasteiger partial charge on any atom is 0.273 e. The van der Waals surface area contributed by atoms with Crippen LogP contribution in [0.15, 0.2) is 54.6 Å². The van der Waals surface area contributed by atoms with Gasteiger partial charge in [-0.05, 0) is 73.9 Å². The summed E-state index contributed by atoms with van der Waals surface area (Å²) in [6.07, 6.45) is 4.20. The van der Waals surface area contributed by atoms with Crippen molar-refractivity contribution in [3.05, 3.63) is 92.5 Å². The largest absolute Gasteiger partial charge is 0.496 e. The van der Waals surface area contributed by atoms with Crippen LogP contribution in [0.1, 0.15) is 34.2 Å². The van der Waals surface area contributed by atoms with E-state index in [-0.39, 0.29) is 10.6 Å². The van der Waals surface area contributed by atoms with E-state index in [1.165, 1.54) is 5.56 Å². The second-order valence-corrected chi connectivity index (χ2v) is 7.67. The number of hydrogen-bond donors (Lipinski definition) is 0. The Bertz CT molecular complexity index is 1080. The van der Waals surface area contributed by atoms with Crippen LogP contribution in [0.4, 0.5) is 5.69 Å². The number of aryl methyl sites for hydroxylation is 3. The molecule has 0 spiro atoms. The highest BCUT2D eigenvalue weighted by molar-refractivity contribution is 5.59. The number of nitro groups is 1. The van der Waals surface area contributed by atoms with Gasteiger partial charge in [0.15, 0.2) is 0 Å². The molecule has 3 aromatic rings. The van der Waals surface area contributed by atoms with Crippen LogP contribution in [0.3, 0.4) is 0 Å². The molecule has 0 radical (unpaired) electrons. The summed E-state index contributed by atoms with van der Waals surface area (Å²) < 4.78 is 11.8. The van der Waals surface area contributed by atoms with Gasteiger partial charge < -0.3 is 9.47 Å². The first-order valence-electron chi connectivity index (χ1n) is 10.2. The molecule has 0 amide bonds. The molecular formula is C25H25NO4. The summed E-state index contributed by atoms with van der Waals surface area (Å²) >= 11 is 0. The van der Waals surface area contributed by atoms with Gasteiger partial charge in [-0.1, -0.05) is 30.3 Å². The lowest BCUT2D eigenvalue weighted by atomic mass is 10.0. The molecule has 0 N–H and O–H groups in total. The number of benzene rings is 3. The van der Waals surface area contributed by atoms with Crippen LogP contribution in [-0.4, -0.2) is 12.0 Å². The molecular weight excluding hydrogens is 378 g/mol. The van der Waals surface area contributed by atoms with Crippen molar-refractivity contribution >= 4 is 5.69 Å². The smallest absolute Gasteiger partial charge is 0.273 e. The number of ether oxygens (including phenoxy) is 2. The van der Waals surface area contributed by atoms with Crippen molar-refractivity contribution in [2.45, 2.75) is 39.0 Å². The van der Waals surface area contributed by atoms with Gasteiger partial charge in [0.2, 0.25) is 0 Å². The van der Waals surface area contributed by atoms with Crippen molar-refractivity contribution in [1.82, 2.24) is 0 Å². The van der Waals surface area contributed by atoms with Gasteiger partial charge in [0.05, 0.1) is 12.0 Å². The van der Waals surface area contributed by atoms with E-state index in [4.69, 9.17) is 9.47 Å². The lowest BCUT2D eigenvalue weighted by Crippen LogP contribution is -2.01. The van der Waals surface area contributed by atoms with Crippen LogP contribution >= 0.6 is 0 Å². The fourth-order valence-corrected chi connectivity index (χ4v) is 4.23. The Morgan fingerprint density at radius 3 is 2.50 bits per heavy atom. The van der Waals surface area contributed by atoms with Gasteiger partial charge in [-0.2, -0.15) is 0 Å². The van der Waals surface area contributed by atoms with Crippen molar-refractivity contribution in [2.24, 2.45) is 0 Å². The predicted octanol–water partition coefficient (Wildman–Crippen LogP) is 5.98. The van der Waals surface area contributed by atoms with Gasteiger partial charge in [0.1, 0.15) is 17.2 Å². The van der Waals surface area contributed by atoms with E-state index in [1.54, 1.807) is 13.2 Å². The zero-order chi connectivity index (χ0) is 21.1. The highest BCUT2D eigenvalue weighted by atomic mass is 16.6. The van der Waals surface area contributed by atoms with Gasteiger partial charge >= 0.3 is 0 Å². The summed E-state index contributed by atoms with van der Waals surface area (Å²) in [5.41, 5.74) is 5.15. The van der Waals surface area contributed by atoms with Crippen LogP contribution in [0, 0.1) is 17.0 Å². The Labute approximate surface area is 176 Å². The first kappa shape index (κ1) is 20.0. The molecule has 4 rings (SSSR count). The van der Waals surface area contributed by atoms with Crippen molar-refractivity contribution in [2.75, 3.05) is 7.11 Å². The van der Waals surface area contributed by atoms with Crippen LogP contribution in [0.25, 0.3) is 0 Å². The maximum atomic E-state index is 11.4. The van der Waals surface area contributed by atoms with Crippen molar-refractivity contribution < 1.29 is 14.4 Å². The van der Waals surface area contributed by atoms with Crippen LogP contribution < -0.4 is 9.47 Å². The third kappa shape index (κ3) is 4.01. The maximum absolute atomic E-state index is 11.4. The van der Waals surface area contributed by atoms with Crippen molar-refractivity contribution in [3.63, 3.8) is 0 Å². The zero-order valence-electron chi connectivity index (χ0n) is 17.3. The number of nitro benzene ring substituents is 1. The monoisotopic (exact) mass is 403 g/mol. The molecule has 0 aromatic heterocycles. The summed E-state index contributed by atoms with van der Waals surface area (Å²) in [6.45, 7) is 1.88. The zero-order valence-corrected chi connectivity index (χ0v) is 17.3. The van der Waals surface area contributed by atoms with E-state index in [0.29, 0.717) is 0 Å². The second-order valence-electron chi connectivity index (χ2n) is 7.67. The fourth-order valence-electron chi connectivity index (χ4n) is 4.23. The number of hydrogen-bond acceptors (Lipinski definition) is 4. The normalized spacial score (nSPS) is 12.5. The summed E-state index contributed by atoms with van der Waals surface area (Å²) in [4.78, 5) is 11.2. The molecule has 154 valence electrons. The fraction of sp³-hybridized carbons (Fsp3) is 0.280. The average molecular weight is 403 g/mol. The number of rotatable bonds is 7. The lowest BCUT2D eigenvalue weighted by molar-refractivity contribution is -0.385. The number of nitrogens with zero attached hydrogens (tertiary/aromatic N) is 1. The van der Waals surface area contributed by atoms with Gasteiger partial charge in [-0.3, -0.25) is 10.1 Å². The Balaban J connectivity index is 1.63. The quantitative estimate of drug-likeness (QED) is 0.360. The number of fused-ring (bicyclic) bond motifs is 1. The molecule has 0 heterocycles. The Morgan fingerprint density at radius 1 is 1.00 bits per heavy atom. The third-order valence-electron chi connectivity index (χ3n) is 5.71. The Kier molecular flexibility index (Phi) is 5.70. The minimum Gasteiger partial charge on any atom is -0.496 e. The molecule has 0 fully saturated rings. The van der Waals surface area contributed by atoms with Gasteiger partial charge in [0.25, 0.3) is 5.69 Å². The predicted molar refractivity (Wildman–Crippen MR) is 117 cm³/mol. The molecule has 30 heavy (non-hydrogen) atoms. The minimum atomic E-state index is -0.282. The molecule has 1 aliphatic rings. The second kappa shape index (κ2) is 8.57. The van der Waals surface area contributed by atoms with E-state index in [2.05, 4.69) is 12.1 Å². The van der Waals surface area contributed by atoms with E-state index in [0.717, 1.165) is 71.6 Å². The topological polar surface area (TPSA) is 61.6 Å². The van der Waals surface area contributed by atoms with E-state index < -0.39 is 0 Å². The van der Waals surface area contributed by atoms with Crippen molar-refractivity contribution in [3.8, 4) is 17.2 Å². The number of methoxy groups -OCH3 is 1. The molecule has 1 aliphatic carbocycles. The molecule has 0 bridgehead atoms. The highest BCUT2D eigenvalue weighted by Crippen LogP contribution is 2.42. The van der Waals surface area contributed by atoms with E-state index in [9.17, 15) is 10.1 Å². The standard InChI is InChI=1S/C25H25NO4/c1-17-15-23(26(27)28)21-9-6-10-22(21)25(17)30-20-13-14-24(29-2)19(16-20)12-11-18-7-4-3-5-8-18/h3-5,7-8,13-16H,6,9-12H2,1-2H3. The van der Waals surface area contributed by atoms with Gasteiger partial charge in [-0.15, -0.1) is 0 Å². The Hall–Kier alpha value is -3.34. The molecule has 5 heteroatoms. The van der Waals surface area contributed by atoms with E-state index in [1.807, 2.05) is 43.3 Å². The molecule has 0 saturated carbocycles. The Morgan fingerprint density at radius 2 is 1.77 bits per heavy atom. The molecule has 5 nitrogen and oxygen atoms in total. The summed E-state index contributed by atoms with van der Waals surface area (Å²) in [7, 11) is 1.68. The molecule has 0 atom stereocenters. The first-order chi connectivity index (χ1) is 14.6. The summed E-state index contributed by atoms with van der Waals surface area (Å²) in [6, 6.07) is 17.8. The minimum absolute atomic E-state index is 0.214. The summed E-state index contributed by atoms with van der Waals surface area (Å²) in [5.74, 6) is 2.32. The summed E-state index contributed by atoms with van der Waals surface area (Å²) in [5, 5.41) is 11.4. The average Bonchev–Trinajstić information content (AvgIpc) is 3.24. The third-order valence-corrected chi connectivity index (χ3v) is 5.71. The molecule has 0 aliphatic heterocycles. The SMILES string of the molecule is COc1ccc(Oc2c(C)cc([N+](=O)[O-])c3c2CCC3)cc1CCc1ccccc1. The first-order valence-corrected chi connectivity index (χ1v) is 10.2. The van der Waals surface area contributed by atoms with Crippen molar-refractivity contribution in [1.29, 1.82) is 0 Å². The molecule has 0 saturated heterocycles. The van der Waals surface area contributed by atoms with E-state index >= 15 is 0 Å². The molecule has 0 unspecified atom stereocenters. The highest BCUT2D eigenvalue weighted by Gasteiger charge is 2.27. The van der Waals surface area contributed by atoms with Gasteiger partial charge in [0, 0.05) is 17.2 Å². The van der Waals surface area contributed by atoms with Gasteiger partial charge in [-0.25, -0.2) is 0 Å². The van der Waals surface area contributed by atoms with Crippen LogP contribution in [0.5, 0.6) is 17.2 Å². The van der Waals surface area contributed by atoms with Crippen LogP contribution in [-0.2, 0) is 25.7 Å². The van der Waals surface area contributed by atoms with Crippen LogP contribution in [0.2, 0.25) is 0 Å². The molecule has 3 aromatic carbocycles. The lowest BCUT2D eigenvalue weighted by Gasteiger charge is -2.16.